The van der Waals surface area contributed by atoms with Crippen LogP contribution >= 0.6 is 0 Å². The Hall–Kier alpha value is -2.98. The van der Waals surface area contributed by atoms with E-state index in [1.54, 1.807) is 0 Å². The highest BCUT2D eigenvalue weighted by atomic mass is 15.3. The molecule has 0 aliphatic heterocycles. The third kappa shape index (κ3) is 3.34. The summed E-state index contributed by atoms with van der Waals surface area (Å²) >= 11 is 0. The smallest absolute Gasteiger partial charge is 0.0651 e. The molecule has 0 amide bonds. The van der Waals surface area contributed by atoms with Crippen LogP contribution in [-0.4, -0.2) is 14.8 Å². The van der Waals surface area contributed by atoms with Gasteiger partial charge in [-0.15, -0.1) is 0 Å². The number of hydrogen-bond donors (Lipinski definition) is 1. The number of fused-ring (bicyclic) bond motifs is 2. The lowest BCUT2D eigenvalue weighted by molar-refractivity contribution is 0.455. The van der Waals surface area contributed by atoms with Crippen LogP contribution < -0.4 is 5.32 Å². The second kappa shape index (κ2) is 7.45. The summed E-state index contributed by atoms with van der Waals surface area (Å²) in [6.07, 6.45) is 9.29. The fourth-order valence-electron chi connectivity index (χ4n) is 4.43. The molecular formula is C25H26N4. The van der Waals surface area contributed by atoms with Crippen molar-refractivity contribution in [1.29, 1.82) is 0 Å². The second-order valence-electron chi connectivity index (χ2n) is 8.07. The Morgan fingerprint density at radius 1 is 1.07 bits per heavy atom. The maximum atomic E-state index is 4.76. The van der Waals surface area contributed by atoms with Gasteiger partial charge in [-0.2, -0.15) is 5.10 Å². The molecule has 29 heavy (non-hydrogen) atoms. The quantitative estimate of drug-likeness (QED) is 0.527. The SMILES string of the molecule is Cc1ccc(-n2ncc3c2CCCC3NCc2cccc3cnccc23)cc1C. The Morgan fingerprint density at radius 2 is 2.00 bits per heavy atom. The molecule has 1 aliphatic carbocycles. The van der Waals surface area contributed by atoms with E-state index in [1.165, 1.54) is 45.1 Å². The van der Waals surface area contributed by atoms with Crippen molar-refractivity contribution in [3.63, 3.8) is 0 Å². The van der Waals surface area contributed by atoms with Crippen molar-refractivity contribution in [2.75, 3.05) is 0 Å². The average molecular weight is 383 g/mol. The maximum absolute atomic E-state index is 4.76. The number of hydrogen-bond acceptors (Lipinski definition) is 3. The van der Waals surface area contributed by atoms with Gasteiger partial charge < -0.3 is 5.32 Å². The van der Waals surface area contributed by atoms with Gasteiger partial charge in [0.1, 0.15) is 0 Å². The van der Waals surface area contributed by atoms with Crippen molar-refractivity contribution in [2.24, 2.45) is 0 Å². The molecule has 1 atom stereocenters. The van der Waals surface area contributed by atoms with E-state index in [0.29, 0.717) is 6.04 Å². The molecule has 4 aromatic rings. The first-order valence-electron chi connectivity index (χ1n) is 10.4. The van der Waals surface area contributed by atoms with Crippen molar-refractivity contribution < 1.29 is 0 Å². The summed E-state index contributed by atoms with van der Waals surface area (Å²) in [5.74, 6) is 0. The van der Waals surface area contributed by atoms with Crippen molar-refractivity contribution >= 4 is 10.8 Å². The number of nitrogens with zero attached hydrogens (tertiary/aromatic N) is 3. The van der Waals surface area contributed by atoms with E-state index < -0.39 is 0 Å². The van der Waals surface area contributed by atoms with E-state index in [-0.39, 0.29) is 0 Å². The Kier molecular flexibility index (Phi) is 4.64. The number of nitrogens with one attached hydrogen (secondary N) is 1. The zero-order valence-electron chi connectivity index (χ0n) is 17.0. The summed E-state index contributed by atoms with van der Waals surface area (Å²) in [5, 5.41) is 11.0. The fourth-order valence-corrected chi connectivity index (χ4v) is 4.43. The molecule has 2 aromatic heterocycles. The Bertz CT molecular complexity index is 1170. The molecule has 2 heterocycles. The summed E-state index contributed by atoms with van der Waals surface area (Å²) in [6.45, 7) is 5.17. The molecule has 0 radical (unpaired) electrons. The summed E-state index contributed by atoms with van der Waals surface area (Å²) in [5.41, 5.74) is 7.80. The molecule has 146 valence electrons. The predicted octanol–water partition coefficient (Wildman–Crippen LogP) is 5.20. The maximum Gasteiger partial charge on any atom is 0.0651 e. The normalized spacial score (nSPS) is 16.1. The van der Waals surface area contributed by atoms with Gasteiger partial charge in [-0.3, -0.25) is 4.98 Å². The van der Waals surface area contributed by atoms with Crippen LogP contribution in [0.1, 0.15) is 46.8 Å². The van der Waals surface area contributed by atoms with Crippen LogP contribution in [0.4, 0.5) is 0 Å². The second-order valence-corrected chi connectivity index (χ2v) is 8.07. The van der Waals surface area contributed by atoms with Gasteiger partial charge in [0.25, 0.3) is 0 Å². The molecule has 0 saturated heterocycles. The third-order valence-electron chi connectivity index (χ3n) is 6.23. The summed E-state index contributed by atoms with van der Waals surface area (Å²) in [7, 11) is 0. The van der Waals surface area contributed by atoms with Gasteiger partial charge in [0, 0.05) is 41.6 Å². The molecule has 1 unspecified atom stereocenters. The predicted molar refractivity (Wildman–Crippen MR) is 117 cm³/mol. The fraction of sp³-hybridized carbons (Fsp3) is 0.280. The highest BCUT2D eigenvalue weighted by Gasteiger charge is 2.24. The van der Waals surface area contributed by atoms with E-state index in [2.05, 4.69) is 77.5 Å². The van der Waals surface area contributed by atoms with Crippen LogP contribution in [-0.2, 0) is 13.0 Å². The Balaban J connectivity index is 1.41. The minimum absolute atomic E-state index is 0.344. The number of rotatable bonds is 4. The molecule has 0 spiro atoms. The highest BCUT2D eigenvalue weighted by Crippen LogP contribution is 2.32. The molecule has 1 aliphatic rings. The van der Waals surface area contributed by atoms with Gasteiger partial charge >= 0.3 is 0 Å². The minimum Gasteiger partial charge on any atom is -0.306 e. The van der Waals surface area contributed by atoms with E-state index >= 15 is 0 Å². The van der Waals surface area contributed by atoms with Crippen LogP contribution in [0.15, 0.2) is 61.1 Å². The summed E-state index contributed by atoms with van der Waals surface area (Å²) in [4.78, 5) is 4.25. The van der Waals surface area contributed by atoms with E-state index in [4.69, 9.17) is 5.10 Å². The molecule has 2 aromatic carbocycles. The molecule has 4 heteroatoms. The van der Waals surface area contributed by atoms with E-state index in [1.807, 2.05) is 12.4 Å². The van der Waals surface area contributed by atoms with Gasteiger partial charge in [0.05, 0.1) is 11.9 Å². The standard InChI is InChI=1S/C25H26N4/c1-17-9-10-21(13-18(17)2)29-25-8-4-7-24(23(25)16-28-29)27-15-20-6-3-5-19-14-26-12-11-22(19)20/h3,5-6,9-14,16,24,27H,4,7-8,15H2,1-2H3. The summed E-state index contributed by atoms with van der Waals surface area (Å²) in [6, 6.07) is 15.5. The van der Waals surface area contributed by atoms with Crippen molar-refractivity contribution in [3.8, 4) is 5.69 Å². The number of pyridine rings is 1. The van der Waals surface area contributed by atoms with Gasteiger partial charge in [-0.25, -0.2) is 4.68 Å². The molecule has 0 saturated carbocycles. The lowest BCUT2D eigenvalue weighted by atomic mass is 9.92. The first kappa shape index (κ1) is 18.1. The van der Waals surface area contributed by atoms with Crippen LogP contribution in [0.25, 0.3) is 16.5 Å². The zero-order valence-corrected chi connectivity index (χ0v) is 17.0. The van der Waals surface area contributed by atoms with Crippen molar-refractivity contribution in [1.82, 2.24) is 20.1 Å². The monoisotopic (exact) mass is 382 g/mol. The number of aromatic nitrogens is 3. The molecule has 4 nitrogen and oxygen atoms in total. The van der Waals surface area contributed by atoms with E-state index in [9.17, 15) is 0 Å². The average Bonchev–Trinajstić information content (AvgIpc) is 3.19. The molecule has 5 rings (SSSR count). The van der Waals surface area contributed by atoms with Gasteiger partial charge in [-0.05, 0) is 73.4 Å². The largest absolute Gasteiger partial charge is 0.306 e. The lowest BCUT2D eigenvalue weighted by Crippen LogP contribution is -2.25. The number of benzene rings is 2. The van der Waals surface area contributed by atoms with E-state index in [0.717, 1.165) is 25.1 Å². The van der Waals surface area contributed by atoms with Gasteiger partial charge in [-0.1, -0.05) is 24.3 Å². The van der Waals surface area contributed by atoms with Crippen molar-refractivity contribution in [3.05, 3.63) is 89.0 Å². The number of aryl methyl sites for hydroxylation is 2. The van der Waals surface area contributed by atoms with Crippen LogP contribution in [0.2, 0.25) is 0 Å². The highest BCUT2D eigenvalue weighted by molar-refractivity contribution is 5.84. The first-order valence-corrected chi connectivity index (χ1v) is 10.4. The van der Waals surface area contributed by atoms with Crippen LogP contribution in [0.5, 0.6) is 0 Å². The molecule has 0 fully saturated rings. The van der Waals surface area contributed by atoms with Crippen LogP contribution in [0.3, 0.4) is 0 Å². The topological polar surface area (TPSA) is 42.7 Å². The third-order valence-corrected chi connectivity index (χ3v) is 6.23. The summed E-state index contributed by atoms with van der Waals surface area (Å²) < 4.78 is 2.14. The van der Waals surface area contributed by atoms with Gasteiger partial charge in [0.2, 0.25) is 0 Å². The minimum atomic E-state index is 0.344. The lowest BCUT2D eigenvalue weighted by Gasteiger charge is -2.25. The Labute approximate surface area is 171 Å². The zero-order chi connectivity index (χ0) is 19.8. The van der Waals surface area contributed by atoms with Crippen LogP contribution in [0, 0.1) is 13.8 Å². The molecule has 0 bridgehead atoms. The van der Waals surface area contributed by atoms with Gasteiger partial charge in [0.15, 0.2) is 0 Å². The first-order chi connectivity index (χ1) is 14.2. The van der Waals surface area contributed by atoms with Crippen molar-refractivity contribution in [2.45, 2.75) is 45.7 Å². The molecular weight excluding hydrogens is 356 g/mol. The molecule has 1 N–H and O–H groups in total. The Morgan fingerprint density at radius 3 is 2.90 bits per heavy atom.